The molecule has 0 aromatic carbocycles. The Morgan fingerprint density at radius 3 is 0.500 bits per heavy atom. The maximum atomic E-state index is 0. The summed E-state index contributed by atoms with van der Waals surface area (Å²) >= 11 is 0. The molecule has 0 atom stereocenters. The third kappa shape index (κ3) is 8.99. The van der Waals surface area contributed by atoms with Crippen molar-refractivity contribution in [3.8, 4) is 0 Å². The zero-order chi connectivity index (χ0) is 0. The maximum absolute atomic E-state index is 0. The fraction of sp³-hybridized carbons (Fsp3) is 0. The van der Waals surface area contributed by atoms with Gasteiger partial charge < -0.3 is 0 Å². The molecule has 0 aromatic heterocycles. The van der Waals surface area contributed by atoms with Crippen LogP contribution < -0.4 is 0 Å². The predicted molar refractivity (Wildman–Crippen MR) is 5.75 cm³/mol. The first-order valence-corrected chi connectivity index (χ1v) is 0. The van der Waals surface area contributed by atoms with Crippen molar-refractivity contribution >= 4 is 17.4 Å². The van der Waals surface area contributed by atoms with Crippen molar-refractivity contribution in [3.63, 3.8) is 0 Å². The quantitative estimate of drug-likeness (QED) is 0.470. The molecule has 4 heavy (non-hydrogen) atoms. The van der Waals surface area contributed by atoms with E-state index in [0.717, 1.165) is 0 Å². The van der Waals surface area contributed by atoms with Crippen molar-refractivity contribution in [1.29, 1.82) is 0 Å². The molecular formula is AlNi3+3. The van der Waals surface area contributed by atoms with Gasteiger partial charge in [-0.05, 0) is 0 Å². The Labute approximate surface area is 66.4 Å². The molecule has 0 unspecified atom stereocenters. The van der Waals surface area contributed by atoms with Crippen LogP contribution in [-0.4, -0.2) is 17.4 Å². The van der Waals surface area contributed by atoms with Crippen molar-refractivity contribution in [2.45, 2.75) is 0 Å². The van der Waals surface area contributed by atoms with Crippen molar-refractivity contribution in [1.82, 2.24) is 0 Å². The monoisotopic (exact) mass is 201 g/mol. The summed E-state index contributed by atoms with van der Waals surface area (Å²) in [6.07, 6.45) is 0. The van der Waals surface area contributed by atoms with Crippen LogP contribution in [0.1, 0.15) is 0 Å². The smallest absolute Gasteiger partial charge is 0 e. The average molecular weight is 203 g/mol. The molecule has 30 valence electrons. The van der Waals surface area contributed by atoms with Crippen LogP contribution in [0.3, 0.4) is 0 Å². The van der Waals surface area contributed by atoms with Gasteiger partial charge in [0.25, 0.3) is 0 Å². The second-order valence-electron chi connectivity index (χ2n) is 0. The van der Waals surface area contributed by atoms with E-state index < -0.39 is 0 Å². The second kappa shape index (κ2) is 19.9. The Morgan fingerprint density at radius 1 is 0.500 bits per heavy atom. The number of rotatable bonds is 0. The van der Waals surface area contributed by atoms with Gasteiger partial charge in [0.1, 0.15) is 0 Å². The Bertz CT molecular complexity index is 3.25. The molecule has 0 aliphatic heterocycles. The molecule has 0 bridgehead atoms. The van der Waals surface area contributed by atoms with Gasteiger partial charge in [0, 0.05) is 49.5 Å². The molecule has 0 heterocycles. The maximum Gasteiger partial charge on any atom is 3.00 e. The van der Waals surface area contributed by atoms with Crippen LogP contribution in [0.4, 0.5) is 0 Å². The van der Waals surface area contributed by atoms with Gasteiger partial charge in [-0.1, -0.05) is 0 Å². The summed E-state index contributed by atoms with van der Waals surface area (Å²) in [4.78, 5) is 0. The SMILES string of the molecule is [Al+3].[Ni].[Ni].[Ni]. The molecule has 0 fully saturated rings. The van der Waals surface area contributed by atoms with E-state index in [4.69, 9.17) is 0 Å². The van der Waals surface area contributed by atoms with Crippen LogP contribution in [0.5, 0.6) is 0 Å². The first kappa shape index (κ1) is 37.3. The molecule has 0 radical (unpaired) electrons. The summed E-state index contributed by atoms with van der Waals surface area (Å²) in [5.41, 5.74) is 0. The van der Waals surface area contributed by atoms with Crippen LogP contribution in [0, 0.1) is 0 Å². The van der Waals surface area contributed by atoms with E-state index >= 15 is 0 Å². The minimum absolute atomic E-state index is 0. The van der Waals surface area contributed by atoms with Crippen LogP contribution in [-0.2, 0) is 49.5 Å². The van der Waals surface area contributed by atoms with E-state index in [1.165, 1.54) is 0 Å². The summed E-state index contributed by atoms with van der Waals surface area (Å²) in [7, 11) is 0. The van der Waals surface area contributed by atoms with Crippen molar-refractivity contribution < 1.29 is 49.5 Å². The minimum Gasteiger partial charge on any atom is 0 e. The van der Waals surface area contributed by atoms with E-state index in [0.29, 0.717) is 0 Å². The summed E-state index contributed by atoms with van der Waals surface area (Å²) in [6.45, 7) is 0. The normalized spacial score (nSPS) is 0. The first-order chi connectivity index (χ1) is 0. The molecule has 0 aliphatic carbocycles. The molecule has 0 saturated carbocycles. The number of hydrogen-bond acceptors (Lipinski definition) is 0. The summed E-state index contributed by atoms with van der Waals surface area (Å²) in [5, 5.41) is 0. The molecule has 0 N–H and O–H groups in total. The van der Waals surface area contributed by atoms with E-state index in [2.05, 4.69) is 0 Å². The standard InChI is InChI=1S/Al.3Ni/q+3;;;. The van der Waals surface area contributed by atoms with E-state index in [1.54, 1.807) is 0 Å². The third-order valence-electron chi connectivity index (χ3n) is 0. The predicted octanol–water partition coefficient (Wildman–Crippen LogP) is -0.388. The van der Waals surface area contributed by atoms with E-state index in [-0.39, 0.29) is 66.8 Å². The van der Waals surface area contributed by atoms with Gasteiger partial charge >= 0.3 is 17.4 Å². The van der Waals surface area contributed by atoms with E-state index in [9.17, 15) is 0 Å². The van der Waals surface area contributed by atoms with Gasteiger partial charge in [-0.15, -0.1) is 0 Å². The first-order valence-electron chi connectivity index (χ1n) is 0. The van der Waals surface area contributed by atoms with Gasteiger partial charge in [-0.25, -0.2) is 0 Å². The summed E-state index contributed by atoms with van der Waals surface area (Å²) in [6, 6.07) is 0. The third-order valence-corrected chi connectivity index (χ3v) is 0. The zero-order valence-corrected chi connectivity index (χ0v) is 5.64. The van der Waals surface area contributed by atoms with Crippen LogP contribution in [0.2, 0.25) is 0 Å². The summed E-state index contributed by atoms with van der Waals surface area (Å²) < 4.78 is 0. The molecule has 4 heteroatoms. The molecule has 0 aromatic rings. The van der Waals surface area contributed by atoms with Gasteiger partial charge in [0.2, 0.25) is 0 Å². The summed E-state index contributed by atoms with van der Waals surface area (Å²) in [5.74, 6) is 0. The van der Waals surface area contributed by atoms with Crippen molar-refractivity contribution in [3.05, 3.63) is 0 Å². The molecule has 0 aliphatic rings. The van der Waals surface area contributed by atoms with Gasteiger partial charge in [-0.2, -0.15) is 0 Å². The molecule has 0 nitrogen and oxygen atoms in total. The van der Waals surface area contributed by atoms with Crippen LogP contribution >= 0.6 is 0 Å². The fourth-order valence-corrected chi connectivity index (χ4v) is 0. The molecule has 0 amide bonds. The Hall–Kier alpha value is 2.01. The molecule has 0 saturated heterocycles. The second-order valence-corrected chi connectivity index (χ2v) is 0. The topological polar surface area (TPSA) is 0 Å². The van der Waals surface area contributed by atoms with Crippen LogP contribution in [0.25, 0.3) is 0 Å². The molecular weight excluding hydrogens is 203 g/mol. The van der Waals surface area contributed by atoms with Crippen molar-refractivity contribution in [2.24, 2.45) is 0 Å². The number of hydrogen-bond donors (Lipinski definition) is 0. The van der Waals surface area contributed by atoms with Gasteiger partial charge in [0.05, 0.1) is 0 Å². The Morgan fingerprint density at radius 2 is 0.500 bits per heavy atom. The minimum atomic E-state index is 0. The van der Waals surface area contributed by atoms with E-state index in [1.807, 2.05) is 0 Å². The van der Waals surface area contributed by atoms with Crippen LogP contribution in [0.15, 0.2) is 0 Å². The largest absolute Gasteiger partial charge is 3.00 e. The van der Waals surface area contributed by atoms with Gasteiger partial charge in [-0.3, -0.25) is 0 Å². The fourth-order valence-electron chi connectivity index (χ4n) is 0. The van der Waals surface area contributed by atoms with Crippen molar-refractivity contribution in [2.75, 3.05) is 0 Å². The average Bonchev–Trinajstić information content (AvgIpc) is 0. The Kier molecular flexibility index (Phi) is 186. The molecule has 0 rings (SSSR count). The molecule has 0 spiro atoms. The van der Waals surface area contributed by atoms with Gasteiger partial charge in [0.15, 0.2) is 0 Å². The zero-order valence-electron chi connectivity index (χ0n) is 1.53. The Balaban J connectivity index is 0.